The average Bonchev–Trinajstić information content (AvgIpc) is 3.16. The van der Waals surface area contributed by atoms with E-state index in [1.54, 1.807) is 0 Å². The molecule has 0 aromatic heterocycles. The van der Waals surface area contributed by atoms with Crippen LogP contribution in [0.4, 0.5) is 0 Å². The van der Waals surface area contributed by atoms with E-state index in [1.807, 2.05) is 0 Å². The molecule has 1 amide bonds. The standard InChI is InChI=1S/C31H54N2O3/c1-19(2)7-6-8-20(3)24-11-12-25-23-10-9-21-17-22(36-28(34)18-27(32)29(33)35)13-15-30(21,4)26(23)14-16-31(24,25)5/h19-27H,6-18,32H2,1-5H3,(H2,33,35)/t20-,21+,22+,23+,24-,25+,26+,27+,30+,31-/m1/s1. The summed E-state index contributed by atoms with van der Waals surface area (Å²) >= 11 is 0. The third-order valence-electron chi connectivity index (χ3n) is 11.9. The lowest BCUT2D eigenvalue weighted by molar-refractivity contribution is -0.163. The lowest BCUT2D eigenvalue weighted by Gasteiger charge is -2.61. The molecule has 0 bridgehead atoms. The van der Waals surface area contributed by atoms with Crippen LogP contribution < -0.4 is 11.5 Å². The molecule has 4 rings (SSSR count). The van der Waals surface area contributed by atoms with Gasteiger partial charge in [-0.25, -0.2) is 0 Å². The van der Waals surface area contributed by atoms with Gasteiger partial charge in [-0.1, -0.05) is 53.9 Å². The summed E-state index contributed by atoms with van der Waals surface area (Å²) < 4.78 is 5.79. The molecule has 4 fully saturated rings. The van der Waals surface area contributed by atoms with Crippen LogP contribution in [0.5, 0.6) is 0 Å². The molecule has 0 aromatic carbocycles. The number of fused-ring (bicyclic) bond motifs is 5. The normalized spacial score (nSPS) is 41.6. The first-order chi connectivity index (χ1) is 17.0. The van der Waals surface area contributed by atoms with Crippen LogP contribution >= 0.6 is 0 Å². The highest BCUT2D eigenvalue weighted by atomic mass is 16.5. The quantitative estimate of drug-likeness (QED) is 0.366. The number of amides is 1. The van der Waals surface area contributed by atoms with Gasteiger partial charge >= 0.3 is 5.97 Å². The van der Waals surface area contributed by atoms with Crippen LogP contribution in [0.25, 0.3) is 0 Å². The molecule has 4 N–H and O–H groups in total. The highest BCUT2D eigenvalue weighted by Gasteiger charge is 2.60. The fraction of sp³-hybridized carbons (Fsp3) is 0.935. The number of hydrogen-bond acceptors (Lipinski definition) is 4. The van der Waals surface area contributed by atoms with Crippen molar-refractivity contribution in [2.24, 2.45) is 63.7 Å². The Morgan fingerprint density at radius 3 is 2.31 bits per heavy atom. The van der Waals surface area contributed by atoms with Crippen LogP contribution in [-0.4, -0.2) is 24.0 Å². The average molecular weight is 503 g/mol. The Balaban J connectivity index is 1.37. The van der Waals surface area contributed by atoms with Gasteiger partial charge in [0.1, 0.15) is 6.10 Å². The van der Waals surface area contributed by atoms with E-state index in [0.29, 0.717) is 16.7 Å². The number of rotatable bonds is 9. The van der Waals surface area contributed by atoms with Crippen molar-refractivity contribution in [3.05, 3.63) is 0 Å². The third kappa shape index (κ3) is 5.38. The fourth-order valence-electron chi connectivity index (χ4n) is 9.86. The molecule has 4 aliphatic rings. The van der Waals surface area contributed by atoms with Crippen LogP contribution in [0.15, 0.2) is 0 Å². The van der Waals surface area contributed by atoms with E-state index < -0.39 is 11.9 Å². The van der Waals surface area contributed by atoms with Gasteiger partial charge in [0.15, 0.2) is 0 Å². The van der Waals surface area contributed by atoms with Crippen molar-refractivity contribution in [3.8, 4) is 0 Å². The van der Waals surface area contributed by atoms with Gasteiger partial charge < -0.3 is 16.2 Å². The van der Waals surface area contributed by atoms with Crippen molar-refractivity contribution in [1.29, 1.82) is 0 Å². The summed E-state index contributed by atoms with van der Waals surface area (Å²) in [6.07, 6.45) is 15.4. The molecule has 4 aliphatic carbocycles. The second-order valence-corrected chi connectivity index (χ2v) is 14.3. The number of primary amides is 1. The highest BCUT2D eigenvalue weighted by molar-refractivity contribution is 5.85. The lowest BCUT2D eigenvalue weighted by atomic mass is 9.44. The van der Waals surface area contributed by atoms with Gasteiger partial charge in [-0.05, 0) is 110 Å². The molecular weight excluding hydrogens is 448 g/mol. The van der Waals surface area contributed by atoms with Gasteiger partial charge in [-0.2, -0.15) is 0 Å². The summed E-state index contributed by atoms with van der Waals surface area (Å²) in [6, 6.07) is -0.952. The Kier molecular flexibility index (Phi) is 8.49. The summed E-state index contributed by atoms with van der Waals surface area (Å²) in [7, 11) is 0. The van der Waals surface area contributed by atoms with E-state index in [0.717, 1.165) is 54.8 Å². The van der Waals surface area contributed by atoms with Gasteiger partial charge in [0.25, 0.3) is 0 Å². The second-order valence-electron chi connectivity index (χ2n) is 14.3. The second kappa shape index (κ2) is 10.9. The Hall–Kier alpha value is -1.10. The minimum atomic E-state index is -0.952. The van der Waals surface area contributed by atoms with Gasteiger partial charge in [-0.3, -0.25) is 9.59 Å². The maximum absolute atomic E-state index is 12.3. The zero-order valence-electron chi connectivity index (χ0n) is 23.8. The molecule has 0 saturated heterocycles. The predicted molar refractivity (Wildman–Crippen MR) is 145 cm³/mol. The fourth-order valence-corrected chi connectivity index (χ4v) is 9.86. The number of ether oxygens (including phenoxy) is 1. The Bertz CT molecular complexity index is 799. The molecule has 36 heavy (non-hydrogen) atoms. The van der Waals surface area contributed by atoms with E-state index in [-0.39, 0.29) is 18.5 Å². The van der Waals surface area contributed by atoms with Crippen LogP contribution in [0.3, 0.4) is 0 Å². The molecule has 0 heterocycles. The van der Waals surface area contributed by atoms with Gasteiger partial charge in [-0.15, -0.1) is 0 Å². The summed E-state index contributed by atoms with van der Waals surface area (Å²) in [6.45, 7) is 12.5. The smallest absolute Gasteiger partial charge is 0.308 e. The highest BCUT2D eigenvalue weighted by Crippen LogP contribution is 2.68. The van der Waals surface area contributed by atoms with E-state index >= 15 is 0 Å². The van der Waals surface area contributed by atoms with E-state index in [2.05, 4.69) is 34.6 Å². The van der Waals surface area contributed by atoms with Crippen molar-refractivity contribution >= 4 is 11.9 Å². The number of carbonyl (C=O) groups is 2. The molecule has 4 saturated carbocycles. The molecule has 0 spiro atoms. The number of esters is 1. The Morgan fingerprint density at radius 1 is 0.917 bits per heavy atom. The van der Waals surface area contributed by atoms with Crippen molar-refractivity contribution in [2.45, 2.75) is 130 Å². The minimum absolute atomic E-state index is 0.0383. The maximum Gasteiger partial charge on any atom is 0.308 e. The van der Waals surface area contributed by atoms with Gasteiger partial charge in [0, 0.05) is 0 Å². The first-order valence-corrected chi connectivity index (χ1v) is 15.2. The zero-order chi connectivity index (χ0) is 26.3. The summed E-state index contributed by atoms with van der Waals surface area (Å²) in [5.74, 6) is 4.79. The molecule has 206 valence electrons. The lowest BCUT2D eigenvalue weighted by Crippen LogP contribution is -2.54. The first-order valence-electron chi connectivity index (χ1n) is 15.2. The predicted octanol–water partition coefficient (Wildman–Crippen LogP) is 6.22. The molecule has 5 heteroatoms. The van der Waals surface area contributed by atoms with Crippen LogP contribution in [0.2, 0.25) is 0 Å². The van der Waals surface area contributed by atoms with Gasteiger partial charge in [0.2, 0.25) is 5.91 Å². The molecule has 5 nitrogen and oxygen atoms in total. The van der Waals surface area contributed by atoms with Crippen molar-refractivity contribution in [1.82, 2.24) is 0 Å². The van der Waals surface area contributed by atoms with Crippen LogP contribution in [0, 0.1) is 52.3 Å². The Labute approximate surface area is 220 Å². The van der Waals surface area contributed by atoms with Crippen LogP contribution in [0.1, 0.15) is 118 Å². The van der Waals surface area contributed by atoms with Gasteiger partial charge in [0.05, 0.1) is 12.5 Å². The molecule has 0 aromatic rings. The van der Waals surface area contributed by atoms with Crippen LogP contribution in [-0.2, 0) is 14.3 Å². The minimum Gasteiger partial charge on any atom is -0.462 e. The largest absolute Gasteiger partial charge is 0.462 e. The Morgan fingerprint density at radius 2 is 1.61 bits per heavy atom. The van der Waals surface area contributed by atoms with Crippen molar-refractivity contribution in [2.75, 3.05) is 0 Å². The van der Waals surface area contributed by atoms with Crippen molar-refractivity contribution < 1.29 is 14.3 Å². The first kappa shape index (κ1) is 27.9. The number of carbonyl (C=O) groups excluding carboxylic acids is 2. The summed E-state index contributed by atoms with van der Waals surface area (Å²) in [5, 5.41) is 0. The van der Waals surface area contributed by atoms with Crippen molar-refractivity contribution in [3.63, 3.8) is 0 Å². The third-order valence-corrected chi connectivity index (χ3v) is 11.9. The molecule has 0 unspecified atom stereocenters. The summed E-state index contributed by atoms with van der Waals surface area (Å²) in [5.41, 5.74) is 11.8. The molecule has 10 atom stereocenters. The maximum atomic E-state index is 12.3. The van der Waals surface area contributed by atoms with E-state index in [4.69, 9.17) is 16.2 Å². The number of nitrogens with two attached hydrogens (primary N) is 2. The topological polar surface area (TPSA) is 95.4 Å². The molecular formula is C31H54N2O3. The zero-order valence-corrected chi connectivity index (χ0v) is 23.8. The molecule has 0 radical (unpaired) electrons. The monoisotopic (exact) mass is 502 g/mol. The SMILES string of the molecule is CC(C)CCC[C@@H](C)[C@H]1CC[C@H]2[C@@H]3CC[C@H]4C[C@@H](OC(=O)C[C@H](N)C(N)=O)CC[C@]4(C)[C@H]3CC[C@]12C. The summed E-state index contributed by atoms with van der Waals surface area (Å²) in [4.78, 5) is 23.5. The van der Waals surface area contributed by atoms with E-state index in [1.165, 1.54) is 57.8 Å². The number of hydrogen-bond donors (Lipinski definition) is 2. The van der Waals surface area contributed by atoms with E-state index in [9.17, 15) is 9.59 Å². The molecule has 0 aliphatic heterocycles.